The van der Waals surface area contributed by atoms with Gasteiger partial charge in [-0.1, -0.05) is 23.8 Å². The summed E-state index contributed by atoms with van der Waals surface area (Å²) in [4.78, 5) is 0. The lowest BCUT2D eigenvalue weighted by atomic mass is 10.0. The Hall–Kier alpha value is -1.26. The van der Waals surface area contributed by atoms with Gasteiger partial charge in [0.25, 0.3) is 0 Å². The molecule has 0 atom stereocenters. The Bertz CT molecular complexity index is 505. The number of nitrogens with two attached hydrogens (primary N) is 1. The SMILES string of the molecule is Cc1ccc(C)c(Cc2nnc(CCN)s2)c1. The molecule has 0 fully saturated rings. The third-order valence-corrected chi connectivity index (χ3v) is 3.70. The second-order valence-electron chi connectivity index (χ2n) is 4.23. The fourth-order valence-corrected chi connectivity index (χ4v) is 2.62. The molecule has 0 aliphatic carbocycles. The van der Waals surface area contributed by atoms with E-state index in [2.05, 4.69) is 42.2 Å². The maximum absolute atomic E-state index is 5.51. The third kappa shape index (κ3) is 3.11. The Labute approximate surface area is 106 Å². The number of hydrogen-bond donors (Lipinski definition) is 1. The van der Waals surface area contributed by atoms with Crippen LogP contribution in [0.2, 0.25) is 0 Å². The van der Waals surface area contributed by atoms with Crippen LogP contribution in [0.3, 0.4) is 0 Å². The molecule has 1 heterocycles. The fourth-order valence-electron chi connectivity index (χ4n) is 1.74. The molecule has 0 radical (unpaired) electrons. The van der Waals surface area contributed by atoms with Crippen molar-refractivity contribution in [2.45, 2.75) is 26.7 Å². The summed E-state index contributed by atoms with van der Waals surface area (Å²) in [5.74, 6) is 0. The van der Waals surface area contributed by atoms with Crippen LogP contribution in [0.5, 0.6) is 0 Å². The molecule has 0 amide bonds. The molecular weight excluding hydrogens is 230 g/mol. The van der Waals surface area contributed by atoms with E-state index in [0.29, 0.717) is 6.54 Å². The van der Waals surface area contributed by atoms with Crippen LogP contribution < -0.4 is 5.73 Å². The predicted octanol–water partition coefficient (Wildman–Crippen LogP) is 2.25. The van der Waals surface area contributed by atoms with Crippen LogP contribution in [0.4, 0.5) is 0 Å². The number of aromatic nitrogens is 2. The molecule has 0 aliphatic heterocycles. The first-order valence-electron chi connectivity index (χ1n) is 5.76. The molecule has 0 unspecified atom stereocenters. The molecule has 1 aromatic carbocycles. The van der Waals surface area contributed by atoms with E-state index in [1.54, 1.807) is 11.3 Å². The molecule has 4 heteroatoms. The van der Waals surface area contributed by atoms with E-state index >= 15 is 0 Å². The van der Waals surface area contributed by atoms with Crippen LogP contribution in [0.25, 0.3) is 0 Å². The molecule has 3 nitrogen and oxygen atoms in total. The Morgan fingerprint density at radius 2 is 1.94 bits per heavy atom. The Balaban J connectivity index is 2.16. The van der Waals surface area contributed by atoms with Crippen molar-refractivity contribution in [3.63, 3.8) is 0 Å². The van der Waals surface area contributed by atoms with E-state index in [1.165, 1.54) is 16.7 Å². The van der Waals surface area contributed by atoms with Gasteiger partial charge in [-0.15, -0.1) is 21.5 Å². The number of aryl methyl sites for hydroxylation is 2. The van der Waals surface area contributed by atoms with Crippen molar-refractivity contribution in [3.05, 3.63) is 44.9 Å². The average molecular weight is 247 g/mol. The zero-order chi connectivity index (χ0) is 12.3. The van der Waals surface area contributed by atoms with E-state index in [1.807, 2.05) is 0 Å². The van der Waals surface area contributed by atoms with Gasteiger partial charge in [0.2, 0.25) is 0 Å². The van der Waals surface area contributed by atoms with Crippen molar-refractivity contribution in [2.75, 3.05) is 6.54 Å². The van der Waals surface area contributed by atoms with Gasteiger partial charge < -0.3 is 5.73 Å². The van der Waals surface area contributed by atoms with Crippen molar-refractivity contribution in [1.82, 2.24) is 10.2 Å². The normalized spacial score (nSPS) is 10.8. The van der Waals surface area contributed by atoms with Gasteiger partial charge >= 0.3 is 0 Å². The van der Waals surface area contributed by atoms with Gasteiger partial charge in [-0.05, 0) is 31.5 Å². The van der Waals surface area contributed by atoms with Gasteiger partial charge in [0, 0.05) is 12.8 Å². The van der Waals surface area contributed by atoms with Crippen molar-refractivity contribution in [3.8, 4) is 0 Å². The van der Waals surface area contributed by atoms with Crippen molar-refractivity contribution in [1.29, 1.82) is 0 Å². The molecule has 2 N–H and O–H groups in total. The summed E-state index contributed by atoms with van der Waals surface area (Å²) >= 11 is 1.66. The van der Waals surface area contributed by atoms with Gasteiger partial charge in [-0.3, -0.25) is 0 Å². The molecule has 90 valence electrons. The van der Waals surface area contributed by atoms with Crippen molar-refractivity contribution < 1.29 is 0 Å². The van der Waals surface area contributed by atoms with Crippen LogP contribution in [0.1, 0.15) is 26.7 Å². The van der Waals surface area contributed by atoms with Crippen LogP contribution >= 0.6 is 11.3 Å². The van der Waals surface area contributed by atoms with E-state index in [9.17, 15) is 0 Å². The summed E-state index contributed by atoms with van der Waals surface area (Å²) in [6.07, 6.45) is 1.69. The average Bonchev–Trinajstić information content (AvgIpc) is 2.72. The number of hydrogen-bond acceptors (Lipinski definition) is 4. The van der Waals surface area contributed by atoms with Gasteiger partial charge in [-0.25, -0.2) is 0 Å². The number of nitrogens with zero attached hydrogens (tertiary/aromatic N) is 2. The maximum Gasteiger partial charge on any atom is 0.121 e. The van der Waals surface area contributed by atoms with Crippen molar-refractivity contribution in [2.24, 2.45) is 5.73 Å². The van der Waals surface area contributed by atoms with Crippen LogP contribution in [0, 0.1) is 13.8 Å². The van der Waals surface area contributed by atoms with Gasteiger partial charge in [-0.2, -0.15) is 0 Å². The monoisotopic (exact) mass is 247 g/mol. The minimum atomic E-state index is 0.637. The molecule has 2 rings (SSSR count). The summed E-state index contributed by atoms with van der Waals surface area (Å²) in [6, 6.07) is 6.52. The standard InChI is InChI=1S/C13H17N3S/c1-9-3-4-10(2)11(7-9)8-13-16-15-12(17-13)5-6-14/h3-4,7H,5-6,8,14H2,1-2H3. The van der Waals surface area contributed by atoms with E-state index < -0.39 is 0 Å². The first kappa shape index (κ1) is 12.2. The third-order valence-electron chi connectivity index (χ3n) is 2.71. The summed E-state index contributed by atoms with van der Waals surface area (Å²) in [7, 11) is 0. The molecular formula is C13H17N3S. The molecule has 2 aromatic rings. The van der Waals surface area contributed by atoms with E-state index in [4.69, 9.17) is 5.73 Å². The Kier molecular flexibility index (Phi) is 3.86. The number of benzene rings is 1. The molecule has 1 aromatic heterocycles. The molecule has 17 heavy (non-hydrogen) atoms. The van der Waals surface area contributed by atoms with Gasteiger partial charge in [0.15, 0.2) is 0 Å². The highest BCUT2D eigenvalue weighted by Crippen LogP contribution is 2.18. The predicted molar refractivity (Wildman–Crippen MR) is 71.4 cm³/mol. The Morgan fingerprint density at radius 1 is 1.18 bits per heavy atom. The molecule has 0 spiro atoms. The second kappa shape index (κ2) is 5.38. The van der Waals surface area contributed by atoms with Gasteiger partial charge in [0.05, 0.1) is 0 Å². The van der Waals surface area contributed by atoms with Gasteiger partial charge in [0.1, 0.15) is 10.0 Å². The highest BCUT2D eigenvalue weighted by atomic mass is 32.1. The lowest BCUT2D eigenvalue weighted by molar-refractivity contribution is 0.897. The van der Waals surface area contributed by atoms with E-state index in [-0.39, 0.29) is 0 Å². The topological polar surface area (TPSA) is 51.8 Å². The molecule has 0 saturated heterocycles. The second-order valence-corrected chi connectivity index (χ2v) is 5.38. The lowest BCUT2D eigenvalue weighted by Gasteiger charge is -2.04. The minimum absolute atomic E-state index is 0.637. The van der Waals surface area contributed by atoms with Crippen LogP contribution in [0.15, 0.2) is 18.2 Å². The lowest BCUT2D eigenvalue weighted by Crippen LogP contribution is -2.01. The van der Waals surface area contributed by atoms with E-state index in [0.717, 1.165) is 22.9 Å². The molecule has 0 saturated carbocycles. The maximum atomic E-state index is 5.51. The number of rotatable bonds is 4. The minimum Gasteiger partial charge on any atom is -0.330 e. The summed E-state index contributed by atoms with van der Waals surface area (Å²) in [5, 5.41) is 10.5. The van der Waals surface area contributed by atoms with Crippen LogP contribution in [-0.4, -0.2) is 16.7 Å². The first-order chi connectivity index (χ1) is 8.19. The smallest absolute Gasteiger partial charge is 0.121 e. The quantitative estimate of drug-likeness (QED) is 0.901. The fraction of sp³-hybridized carbons (Fsp3) is 0.385. The molecule has 0 bridgehead atoms. The summed E-state index contributed by atoms with van der Waals surface area (Å²) < 4.78 is 0. The van der Waals surface area contributed by atoms with Crippen LogP contribution in [-0.2, 0) is 12.8 Å². The highest BCUT2D eigenvalue weighted by molar-refractivity contribution is 7.11. The van der Waals surface area contributed by atoms with Crippen molar-refractivity contribution >= 4 is 11.3 Å². The molecule has 0 aliphatic rings. The largest absolute Gasteiger partial charge is 0.330 e. The summed E-state index contributed by atoms with van der Waals surface area (Å²) in [5.41, 5.74) is 9.44. The zero-order valence-corrected chi connectivity index (χ0v) is 11.0. The highest BCUT2D eigenvalue weighted by Gasteiger charge is 2.06. The summed E-state index contributed by atoms with van der Waals surface area (Å²) in [6.45, 7) is 4.89. The zero-order valence-electron chi connectivity index (χ0n) is 10.2. The Morgan fingerprint density at radius 3 is 2.71 bits per heavy atom. The first-order valence-corrected chi connectivity index (χ1v) is 6.58.